The third-order valence-corrected chi connectivity index (χ3v) is 3.68. The molecular formula is C15H17NO3S. The molecule has 2 rings (SSSR count). The van der Waals surface area contributed by atoms with Crippen LogP contribution in [0.3, 0.4) is 0 Å². The van der Waals surface area contributed by atoms with Crippen LogP contribution in [0.2, 0.25) is 0 Å². The van der Waals surface area contributed by atoms with Gasteiger partial charge < -0.3 is 15.2 Å². The van der Waals surface area contributed by atoms with Gasteiger partial charge in [0, 0.05) is 6.54 Å². The van der Waals surface area contributed by atoms with Crippen molar-refractivity contribution in [3.05, 3.63) is 52.2 Å². The van der Waals surface area contributed by atoms with Gasteiger partial charge in [-0.1, -0.05) is 12.1 Å². The summed E-state index contributed by atoms with van der Waals surface area (Å²) in [5.74, 6) is 0.223. The molecule has 4 nitrogen and oxygen atoms in total. The van der Waals surface area contributed by atoms with Crippen molar-refractivity contribution in [1.29, 1.82) is 0 Å². The van der Waals surface area contributed by atoms with Crippen molar-refractivity contribution >= 4 is 17.2 Å². The largest absolute Gasteiger partial charge is 0.497 e. The fraction of sp³-hybridized carbons (Fsp3) is 0.267. The van der Waals surface area contributed by atoms with Gasteiger partial charge in [-0.25, -0.2) is 0 Å². The number of aliphatic hydroxyl groups is 1. The van der Waals surface area contributed by atoms with Gasteiger partial charge in [-0.15, -0.1) is 0 Å². The number of methoxy groups -OCH3 is 1. The molecule has 0 saturated carbocycles. The van der Waals surface area contributed by atoms with Crippen LogP contribution in [0, 0.1) is 0 Å². The van der Waals surface area contributed by atoms with E-state index in [4.69, 9.17) is 4.74 Å². The van der Waals surface area contributed by atoms with Crippen LogP contribution in [0.25, 0.3) is 0 Å². The summed E-state index contributed by atoms with van der Waals surface area (Å²) in [4.78, 5) is 11.9. The van der Waals surface area contributed by atoms with Crippen LogP contribution in [-0.4, -0.2) is 24.7 Å². The molecule has 0 spiro atoms. The molecule has 1 heterocycles. The van der Waals surface area contributed by atoms with E-state index in [1.807, 2.05) is 16.8 Å². The van der Waals surface area contributed by atoms with Crippen molar-refractivity contribution in [2.24, 2.45) is 0 Å². The predicted molar refractivity (Wildman–Crippen MR) is 79.0 cm³/mol. The van der Waals surface area contributed by atoms with Crippen LogP contribution < -0.4 is 10.1 Å². The molecule has 0 radical (unpaired) electrons. The summed E-state index contributed by atoms with van der Waals surface area (Å²) in [6.07, 6.45) is -0.410. The molecular weight excluding hydrogens is 274 g/mol. The number of amides is 1. The summed E-state index contributed by atoms with van der Waals surface area (Å²) < 4.78 is 5.07. The minimum atomic E-state index is -1.17. The topological polar surface area (TPSA) is 58.6 Å². The molecule has 0 bridgehead atoms. The number of carbonyl (C=O) groups is 1. The first-order chi connectivity index (χ1) is 9.70. The second kappa shape index (κ2) is 7.07. The molecule has 106 valence electrons. The summed E-state index contributed by atoms with van der Waals surface area (Å²) in [5.41, 5.74) is 1.71. The van der Waals surface area contributed by atoms with Gasteiger partial charge in [0.15, 0.2) is 6.10 Å². The van der Waals surface area contributed by atoms with Crippen molar-refractivity contribution < 1.29 is 14.6 Å². The molecule has 0 fully saturated rings. The van der Waals surface area contributed by atoms with E-state index in [2.05, 4.69) is 5.32 Å². The lowest BCUT2D eigenvalue weighted by molar-refractivity contribution is -0.129. The first-order valence-electron chi connectivity index (χ1n) is 6.31. The molecule has 20 heavy (non-hydrogen) atoms. The van der Waals surface area contributed by atoms with Gasteiger partial charge in [-0.05, 0) is 46.5 Å². The zero-order valence-electron chi connectivity index (χ0n) is 11.2. The maximum atomic E-state index is 11.9. The number of benzene rings is 1. The molecule has 0 saturated heterocycles. The molecule has 2 aromatic rings. The zero-order valence-corrected chi connectivity index (χ0v) is 12.0. The lowest BCUT2D eigenvalue weighted by Crippen LogP contribution is -2.30. The molecule has 0 aliphatic carbocycles. The third-order valence-electron chi connectivity index (χ3n) is 2.95. The number of ether oxygens (including phenoxy) is 1. The number of nitrogens with one attached hydrogen (secondary N) is 1. The Bertz CT molecular complexity index is 554. The Morgan fingerprint density at radius 3 is 3.00 bits per heavy atom. The lowest BCUT2D eigenvalue weighted by Gasteiger charge is -2.12. The normalized spacial score (nSPS) is 11.9. The molecule has 0 aliphatic rings. The van der Waals surface area contributed by atoms with Gasteiger partial charge >= 0.3 is 0 Å². The maximum absolute atomic E-state index is 11.9. The standard InChI is InChI=1S/C15H17NO3S/c1-19-13-4-2-3-12(9-13)14(17)15(18)16-7-5-11-6-8-20-10-11/h2-4,6,8-10,14,17H,5,7H2,1H3,(H,16,18). The van der Waals surface area contributed by atoms with Crippen LogP contribution in [0.5, 0.6) is 5.75 Å². The Hall–Kier alpha value is -1.85. The SMILES string of the molecule is COc1cccc(C(O)C(=O)NCCc2ccsc2)c1. The number of carbonyl (C=O) groups excluding carboxylic acids is 1. The third kappa shape index (κ3) is 3.82. The Balaban J connectivity index is 1.87. The van der Waals surface area contributed by atoms with Crippen molar-refractivity contribution in [1.82, 2.24) is 5.32 Å². The van der Waals surface area contributed by atoms with E-state index in [1.165, 1.54) is 5.56 Å². The van der Waals surface area contributed by atoms with Crippen molar-refractivity contribution in [2.75, 3.05) is 13.7 Å². The average molecular weight is 291 g/mol. The number of thiophene rings is 1. The van der Waals surface area contributed by atoms with E-state index in [9.17, 15) is 9.90 Å². The van der Waals surface area contributed by atoms with Crippen LogP contribution in [0.4, 0.5) is 0 Å². The zero-order chi connectivity index (χ0) is 14.4. The van der Waals surface area contributed by atoms with E-state index in [0.29, 0.717) is 17.9 Å². The smallest absolute Gasteiger partial charge is 0.253 e. The molecule has 1 aromatic carbocycles. The highest BCUT2D eigenvalue weighted by molar-refractivity contribution is 7.07. The lowest BCUT2D eigenvalue weighted by atomic mass is 10.1. The monoisotopic (exact) mass is 291 g/mol. The van der Waals surface area contributed by atoms with Crippen LogP contribution in [0.1, 0.15) is 17.2 Å². The Kier molecular flexibility index (Phi) is 5.15. The van der Waals surface area contributed by atoms with E-state index in [-0.39, 0.29) is 0 Å². The summed E-state index contributed by atoms with van der Waals surface area (Å²) in [6, 6.07) is 8.89. The van der Waals surface area contributed by atoms with Gasteiger partial charge in [0.2, 0.25) is 0 Å². The van der Waals surface area contributed by atoms with E-state index in [1.54, 1.807) is 42.7 Å². The summed E-state index contributed by atoms with van der Waals surface area (Å²) in [7, 11) is 1.55. The van der Waals surface area contributed by atoms with Crippen LogP contribution in [0.15, 0.2) is 41.1 Å². The molecule has 0 aliphatic heterocycles. The average Bonchev–Trinajstić information content (AvgIpc) is 2.99. The van der Waals surface area contributed by atoms with Crippen molar-refractivity contribution in [2.45, 2.75) is 12.5 Å². The minimum Gasteiger partial charge on any atom is -0.497 e. The fourth-order valence-corrected chi connectivity index (χ4v) is 2.53. The first kappa shape index (κ1) is 14.6. The predicted octanol–water partition coefficient (Wildman–Crippen LogP) is 2.15. The number of hydrogen-bond acceptors (Lipinski definition) is 4. The van der Waals surface area contributed by atoms with E-state index < -0.39 is 12.0 Å². The van der Waals surface area contributed by atoms with Crippen molar-refractivity contribution in [3.63, 3.8) is 0 Å². The molecule has 1 amide bonds. The molecule has 2 N–H and O–H groups in total. The second-order valence-corrected chi connectivity index (χ2v) is 5.13. The molecule has 1 atom stereocenters. The molecule has 5 heteroatoms. The Morgan fingerprint density at radius 1 is 1.45 bits per heavy atom. The first-order valence-corrected chi connectivity index (χ1v) is 7.26. The van der Waals surface area contributed by atoms with Gasteiger partial charge in [0.25, 0.3) is 5.91 Å². The number of hydrogen-bond donors (Lipinski definition) is 2. The van der Waals surface area contributed by atoms with Crippen molar-refractivity contribution in [3.8, 4) is 5.75 Å². The molecule has 1 unspecified atom stereocenters. The number of rotatable bonds is 6. The number of aliphatic hydroxyl groups excluding tert-OH is 1. The van der Waals surface area contributed by atoms with Crippen LogP contribution in [-0.2, 0) is 11.2 Å². The molecule has 1 aromatic heterocycles. The van der Waals surface area contributed by atoms with Gasteiger partial charge in [0.05, 0.1) is 7.11 Å². The van der Waals surface area contributed by atoms with Gasteiger partial charge in [-0.2, -0.15) is 11.3 Å². The summed E-state index contributed by atoms with van der Waals surface area (Å²) in [6.45, 7) is 0.511. The Morgan fingerprint density at radius 2 is 2.30 bits per heavy atom. The summed E-state index contributed by atoms with van der Waals surface area (Å²) in [5, 5.41) is 16.8. The van der Waals surface area contributed by atoms with Crippen LogP contribution >= 0.6 is 11.3 Å². The highest BCUT2D eigenvalue weighted by atomic mass is 32.1. The second-order valence-electron chi connectivity index (χ2n) is 4.35. The van der Waals surface area contributed by atoms with Gasteiger partial charge in [-0.3, -0.25) is 4.79 Å². The highest BCUT2D eigenvalue weighted by Gasteiger charge is 2.17. The highest BCUT2D eigenvalue weighted by Crippen LogP contribution is 2.19. The van der Waals surface area contributed by atoms with E-state index in [0.717, 1.165) is 6.42 Å². The Labute approximate surface area is 122 Å². The summed E-state index contributed by atoms with van der Waals surface area (Å²) >= 11 is 1.63. The van der Waals surface area contributed by atoms with Gasteiger partial charge in [0.1, 0.15) is 5.75 Å². The quantitative estimate of drug-likeness (QED) is 0.857. The van der Waals surface area contributed by atoms with E-state index >= 15 is 0 Å². The maximum Gasteiger partial charge on any atom is 0.253 e. The minimum absolute atomic E-state index is 0.395. The fourth-order valence-electron chi connectivity index (χ4n) is 1.82.